The lowest BCUT2D eigenvalue weighted by Gasteiger charge is -2.11. The number of hydrogen-bond donors (Lipinski definition) is 0. The smallest absolute Gasteiger partial charge is 0.158 e. The highest BCUT2D eigenvalue weighted by molar-refractivity contribution is 5.95. The molecular weight excluding hydrogens is 172 g/mol. The lowest BCUT2D eigenvalue weighted by atomic mass is 9.93. The molecule has 0 amide bonds. The summed E-state index contributed by atoms with van der Waals surface area (Å²) in [5.41, 5.74) is 1.11. The zero-order valence-electron chi connectivity index (χ0n) is 9.51. The van der Waals surface area contributed by atoms with Gasteiger partial charge in [0.2, 0.25) is 0 Å². The van der Waals surface area contributed by atoms with Gasteiger partial charge >= 0.3 is 0 Å². The Morgan fingerprint density at radius 2 is 2.00 bits per heavy atom. The summed E-state index contributed by atoms with van der Waals surface area (Å²) in [7, 11) is 0. The molecule has 1 aliphatic carbocycles. The minimum atomic E-state index is 0.391. The van der Waals surface area contributed by atoms with Crippen molar-refractivity contribution in [3.63, 3.8) is 0 Å². The van der Waals surface area contributed by atoms with Gasteiger partial charge in [-0.3, -0.25) is 4.79 Å². The van der Waals surface area contributed by atoms with Crippen LogP contribution in [0.2, 0.25) is 0 Å². The topological polar surface area (TPSA) is 17.1 Å². The van der Waals surface area contributed by atoms with Gasteiger partial charge in [-0.05, 0) is 37.2 Å². The summed E-state index contributed by atoms with van der Waals surface area (Å²) in [6.45, 7) is 4.22. The predicted octanol–water partition coefficient (Wildman–Crippen LogP) is 3.88. The Morgan fingerprint density at radius 1 is 1.29 bits per heavy atom. The molecular formula is C13H22O. The molecule has 80 valence electrons. The zero-order valence-corrected chi connectivity index (χ0v) is 9.51. The molecule has 0 aliphatic heterocycles. The van der Waals surface area contributed by atoms with Crippen LogP contribution in [0.4, 0.5) is 0 Å². The molecule has 1 rings (SSSR count). The minimum absolute atomic E-state index is 0.391. The number of hydrogen-bond acceptors (Lipinski definition) is 1. The summed E-state index contributed by atoms with van der Waals surface area (Å²) >= 11 is 0. The number of carbonyl (C=O) groups is 1. The first-order valence-corrected chi connectivity index (χ1v) is 5.92. The lowest BCUT2D eigenvalue weighted by Crippen LogP contribution is -2.07. The standard InChI is InChI=1S/C13H22O/c1-11(2)10-13(14)12-8-6-4-3-5-7-9-12/h8,11H,3-7,9-10H2,1-2H3. The highest BCUT2D eigenvalue weighted by Gasteiger charge is 2.11. The fourth-order valence-corrected chi connectivity index (χ4v) is 1.95. The molecule has 0 aromatic carbocycles. The van der Waals surface area contributed by atoms with Crippen molar-refractivity contribution >= 4 is 5.78 Å². The molecule has 1 heteroatoms. The van der Waals surface area contributed by atoms with Crippen molar-refractivity contribution in [1.29, 1.82) is 0 Å². The molecule has 0 aromatic rings. The summed E-state index contributed by atoms with van der Waals surface area (Å²) in [6, 6.07) is 0. The van der Waals surface area contributed by atoms with E-state index in [0.717, 1.165) is 24.8 Å². The van der Waals surface area contributed by atoms with E-state index in [0.29, 0.717) is 11.7 Å². The van der Waals surface area contributed by atoms with Crippen molar-refractivity contribution in [1.82, 2.24) is 0 Å². The Kier molecular flexibility index (Phi) is 4.92. The largest absolute Gasteiger partial charge is 0.295 e. The van der Waals surface area contributed by atoms with Crippen LogP contribution in [0.5, 0.6) is 0 Å². The van der Waals surface area contributed by atoms with E-state index in [1.165, 1.54) is 25.7 Å². The molecule has 0 aromatic heterocycles. The zero-order chi connectivity index (χ0) is 10.4. The highest BCUT2D eigenvalue weighted by atomic mass is 16.1. The second-order valence-electron chi connectivity index (χ2n) is 4.70. The molecule has 0 bridgehead atoms. The molecule has 0 fully saturated rings. The molecule has 0 spiro atoms. The van der Waals surface area contributed by atoms with Crippen molar-refractivity contribution in [2.75, 3.05) is 0 Å². The first-order chi connectivity index (χ1) is 6.70. The van der Waals surface area contributed by atoms with E-state index in [2.05, 4.69) is 19.9 Å². The molecule has 1 aliphatic rings. The molecule has 0 saturated carbocycles. The van der Waals surface area contributed by atoms with Gasteiger partial charge in [0.1, 0.15) is 0 Å². The molecule has 0 heterocycles. The summed E-state index contributed by atoms with van der Waals surface area (Å²) in [4.78, 5) is 11.8. The Morgan fingerprint density at radius 3 is 2.71 bits per heavy atom. The van der Waals surface area contributed by atoms with E-state index < -0.39 is 0 Å². The van der Waals surface area contributed by atoms with Crippen LogP contribution in [0.25, 0.3) is 0 Å². The predicted molar refractivity (Wildman–Crippen MR) is 60.2 cm³/mol. The fraction of sp³-hybridized carbons (Fsp3) is 0.769. The Balaban J connectivity index is 2.50. The van der Waals surface area contributed by atoms with Gasteiger partial charge in [-0.15, -0.1) is 0 Å². The molecule has 1 nitrogen and oxygen atoms in total. The van der Waals surface area contributed by atoms with Crippen LogP contribution >= 0.6 is 0 Å². The van der Waals surface area contributed by atoms with Crippen LogP contribution in [0, 0.1) is 5.92 Å². The second kappa shape index (κ2) is 6.00. The number of rotatable bonds is 3. The number of Topliss-reactive ketones (excluding diaryl/α,β-unsaturated/α-hetero) is 1. The van der Waals surface area contributed by atoms with Crippen LogP contribution in [0.15, 0.2) is 11.6 Å². The number of ketones is 1. The average Bonchev–Trinajstić information content (AvgIpc) is 2.00. The van der Waals surface area contributed by atoms with Crippen LogP contribution < -0.4 is 0 Å². The van der Waals surface area contributed by atoms with Crippen LogP contribution in [0.1, 0.15) is 58.8 Å². The van der Waals surface area contributed by atoms with Crippen LogP contribution in [-0.2, 0) is 4.79 Å². The summed E-state index contributed by atoms with van der Waals surface area (Å²) in [5.74, 6) is 0.885. The summed E-state index contributed by atoms with van der Waals surface area (Å²) in [5, 5.41) is 0. The maximum atomic E-state index is 11.8. The monoisotopic (exact) mass is 194 g/mol. The van der Waals surface area contributed by atoms with Gasteiger partial charge < -0.3 is 0 Å². The van der Waals surface area contributed by atoms with Gasteiger partial charge in [-0.1, -0.05) is 32.8 Å². The van der Waals surface area contributed by atoms with Gasteiger partial charge in [0.25, 0.3) is 0 Å². The summed E-state index contributed by atoms with van der Waals surface area (Å²) in [6.07, 6.45) is 10.1. The van der Waals surface area contributed by atoms with Crippen molar-refractivity contribution in [3.05, 3.63) is 11.6 Å². The van der Waals surface area contributed by atoms with E-state index in [1.54, 1.807) is 0 Å². The highest BCUT2D eigenvalue weighted by Crippen LogP contribution is 2.19. The number of carbonyl (C=O) groups excluding carboxylic acids is 1. The van der Waals surface area contributed by atoms with Gasteiger partial charge in [0, 0.05) is 6.42 Å². The van der Waals surface area contributed by atoms with Crippen molar-refractivity contribution < 1.29 is 4.79 Å². The van der Waals surface area contributed by atoms with E-state index in [-0.39, 0.29) is 0 Å². The molecule has 0 N–H and O–H groups in total. The quantitative estimate of drug-likeness (QED) is 0.666. The first-order valence-electron chi connectivity index (χ1n) is 5.92. The SMILES string of the molecule is CC(C)CC(=O)C1=CCCCCCC1. The van der Waals surface area contributed by atoms with Gasteiger partial charge in [-0.2, -0.15) is 0 Å². The number of allylic oxidation sites excluding steroid dienone is 2. The van der Waals surface area contributed by atoms with E-state index >= 15 is 0 Å². The minimum Gasteiger partial charge on any atom is -0.295 e. The molecule has 0 unspecified atom stereocenters. The second-order valence-corrected chi connectivity index (χ2v) is 4.70. The van der Waals surface area contributed by atoms with Crippen molar-refractivity contribution in [3.8, 4) is 0 Å². The Labute approximate surface area is 87.6 Å². The lowest BCUT2D eigenvalue weighted by molar-refractivity contribution is -0.116. The first kappa shape index (κ1) is 11.5. The van der Waals surface area contributed by atoms with Gasteiger partial charge in [-0.25, -0.2) is 0 Å². The van der Waals surface area contributed by atoms with Gasteiger partial charge in [0.15, 0.2) is 5.78 Å². The van der Waals surface area contributed by atoms with E-state index in [4.69, 9.17) is 0 Å². The fourth-order valence-electron chi connectivity index (χ4n) is 1.95. The van der Waals surface area contributed by atoms with E-state index in [1.807, 2.05) is 0 Å². The molecule has 0 radical (unpaired) electrons. The van der Waals surface area contributed by atoms with Gasteiger partial charge in [0.05, 0.1) is 0 Å². The van der Waals surface area contributed by atoms with E-state index in [9.17, 15) is 4.79 Å². The normalized spacial score (nSPS) is 18.6. The maximum Gasteiger partial charge on any atom is 0.158 e. The maximum absolute atomic E-state index is 11.8. The van der Waals surface area contributed by atoms with Crippen LogP contribution in [0.3, 0.4) is 0 Å². The third-order valence-electron chi connectivity index (χ3n) is 2.74. The third-order valence-corrected chi connectivity index (χ3v) is 2.74. The third kappa shape index (κ3) is 4.08. The molecule has 0 atom stereocenters. The average molecular weight is 194 g/mol. The molecule has 14 heavy (non-hydrogen) atoms. The van der Waals surface area contributed by atoms with Crippen LogP contribution in [-0.4, -0.2) is 5.78 Å². The van der Waals surface area contributed by atoms with Crippen molar-refractivity contribution in [2.24, 2.45) is 5.92 Å². The molecule has 0 saturated heterocycles. The summed E-state index contributed by atoms with van der Waals surface area (Å²) < 4.78 is 0. The Bertz CT molecular complexity index is 213. The van der Waals surface area contributed by atoms with Crippen molar-refractivity contribution in [2.45, 2.75) is 58.8 Å². The Hall–Kier alpha value is -0.590.